The third kappa shape index (κ3) is 12.5. The SMILES string of the molecule is CC(C)C[C@H](NC(=O)C1=CC=CC1)C(=O)NCCCCCCCNC(=O)[C@H](CC(C)C)NC(=O)C1=CC=CC1. The maximum atomic E-state index is 12.7. The molecule has 0 saturated carbocycles. The Kier molecular flexibility index (Phi) is 14.3. The van der Waals surface area contributed by atoms with E-state index in [0.717, 1.165) is 32.1 Å². The Hall–Kier alpha value is -3.16. The standard InChI is InChI=1S/C31H48N4O4/c1-22(2)20-26(34-28(36)24-14-8-9-15-24)30(38)32-18-12-6-5-7-13-19-33-31(39)27(21-23(3)4)35-29(37)25-16-10-11-17-25/h8-11,14,16,22-23,26-27H,5-7,12-13,15,17-21H2,1-4H3,(H,32,38)(H,33,39)(H,34,36)(H,35,37)/t26-,27-/m0/s1. The summed E-state index contributed by atoms with van der Waals surface area (Å²) in [6.45, 7) is 9.31. The van der Waals surface area contributed by atoms with Gasteiger partial charge in [-0.15, -0.1) is 0 Å². The molecular weight excluding hydrogens is 492 g/mol. The van der Waals surface area contributed by atoms with Crippen LogP contribution in [0.15, 0.2) is 47.6 Å². The molecule has 8 nitrogen and oxygen atoms in total. The fourth-order valence-corrected chi connectivity index (χ4v) is 4.59. The lowest BCUT2D eigenvalue weighted by Gasteiger charge is -2.20. The number of rotatable bonds is 18. The van der Waals surface area contributed by atoms with Gasteiger partial charge >= 0.3 is 0 Å². The van der Waals surface area contributed by atoms with Crippen LogP contribution in [0.25, 0.3) is 0 Å². The summed E-state index contributed by atoms with van der Waals surface area (Å²) in [6.07, 6.45) is 18.3. The van der Waals surface area contributed by atoms with Crippen molar-refractivity contribution in [2.75, 3.05) is 13.1 Å². The minimum Gasteiger partial charge on any atom is -0.354 e. The highest BCUT2D eigenvalue weighted by atomic mass is 16.2. The molecule has 4 amide bonds. The molecule has 39 heavy (non-hydrogen) atoms. The molecule has 0 radical (unpaired) electrons. The van der Waals surface area contributed by atoms with Gasteiger partial charge in [-0.05, 0) is 50.4 Å². The average Bonchev–Trinajstić information content (AvgIpc) is 3.61. The van der Waals surface area contributed by atoms with E-state index in [-0.39, 0.29) is 35.5 Å². The summed E-state index contributed by atoms with van der Waals surface area (Å²) in [5.74, 6) is -0.0272. The number of allylic oxidation sites excluding steroid dienone is 6. The van der Waals surface area contributed by atoms with E-state index in [4.69, 9.17) is 0 Å². The summed E-state index contributed by atoms with van der Waals surface area (Å²) in [7, 11) is 0. The molecule has 8 heteroatoms. The van der Waals surface area contributed by atoms with Crippen LogP contribution in [0.5, 0.6) is 0 Å². The van der Waals surface area contributed by atoms with Crippen molar-refractivity contribution in [1.82, 2.24) is 21.3 Å². The normalized spacial score (nSPS) is 15.6. The van der Waals surface area contributed by atoms with E-state index >= 15 is 0 Å². The predicted octanol–water partition coefficient (Wildman–Crippen LogP) is 4.00. The van der Waals surface area contributed by atoms with Crippen molar-refractivity contribution in [3.8, 4) is 0 Å². The lowest BCUT2D eigenvalue weighted by molar-refractivity contribution is -0.127. The molecule has 216 valence electrons. The molecule has 0 spiro atoms. The zero-order valence-corrected chi connectivity index (χ0v) is 24.2. The van der Waals surface area contributed by atoms with Crippen molar-refractivity contribution in [3.63, 3.8) is 0 Å². The Morgan fingerprint density at radius 1 is 0.641 bits per heavy atom. The number of carbonyl (C=O) groups is 4. The number of unbranched alkanes of at least 4 members (excludes halogenated alkanes) is 4. The molecule has 0 aliphatic heterocycles. The van der Waals surface area contributed by atoms with Crippen LogP contribution in [0, 0.1) is 11.8 Å². The van der Waals surface area contributed by atoms with E-state index in [2.05, 4.69) is 21.3 Å². The van der Waals surface area contributed by atoms with Crippen molar-refractivity contribution >= 4 is 23.6 Å². The van der Waals surface area contributed by atoms with Crippen molar-refractivity contribution in [3.05, 3.63) is 47.6 Å². The molecule has 2 rings (SSSR count). The van der Waals surface area contributed by atoms with E-state index in [0.29, 0.717) is 49.9 Å². The third-order valence-corrected chi connectivity index (χ3v) is 6.74. The minimum absolute atomic E-state index is 0.130. The molecule has 0 heterocycles. The average molecular weight is 541 g/mol. The van der Waals surface area contributed by atoms with E-state index in [1.54, 1.807) is 12.2 Å². The van der Waals surface area contributed by atoms with Gasteiger partial charge < -0.3 is 21.3 Å². The van der Waals surface area contributed by atoms with Crippen LogP contribution in [0.2, 0.25) is 0 Å². The molecule has 0 unspecified atom stereocenters. The highest BCUT2D eigenvalue weighted by molar-refractivity contribution is 5.98. The quantitative estimate of drug-likeness (QED) is 0.197. The van der Waals surface area contributed by atoms with Crippen LogP contribution in [0.3, 0.4) is 0 Å². The van der Waals surface area contributed by atoms with Gasteiger partial charge in [0, 0.05) is 24.2 Å². The van der Waals surface area contributed by atoms with E-state index in [1.807, 2.05) is 52.0 Å². The zero-order valence-electron chi connectivity index (χ0n) is 24.2. The number of carbonyl (C=O) groups excluding carboxylic acids is 4. The van der Waals surface area contributed by atoms with E-state index in [9.17, 15) is 19.2 Å². The summed E-state index contributed by atoms with van der Waals surface area (Å²) in [5, 5.41) is 11.7. The van der Waals surface area contributed by atoms with Crippen molar-refractivity contribution < 1.29 is 19.2 Å². The molecule has 0 aromatic heterocycles. The van der Waals surface area contributed by atoms with Gasteiger partial charge in [0.25, 0.3) is 0 Å². The summed E-state index contributed by atoms with van der Waals surface area (Å²) >= 11 is 0. The molecule has 2 atom stereocenters. The molecule has 0 fully saturated rings. The summed E-state index contributed by atoms with van der Waals surface area (Å²) in [6, 6.07) is -1.06. The van der Waals surface area contributed by atoms with Gasteiger partial charge in [0.05, 0.1) is 0 Å². The number of hydrogen-bond acceptors (Lipinski definition) is 4. The molecule has 0 aromatic rings. The Balaban J connectivity index is 1.59. The first-order valence-corrected chi connectivity index (χ1v) is 14.6. The number of amides is 4. The number of hydrogen-bond donors (Lipinski definition) is 4. The first-order valence-electron chi connectivity index (χ1n) is 14.6. The predicted molar refractivity (Wildman–Crippen MR) is 156 cm³/mol. The zero-order chi connectivity index (χ0) is 28.6. The van der Waals surface area contributed by atoms with Crippen LogP contribution in [-0.4, -0.2) is 48.8 Å². The molecular formula is C31H48N4O4. The molecule has 2 aliphatic rings. The number of nitrogens with one attached hydrogen (secondary N) is 4. The van der Waals surface area contributed by atoms with Gasteiger partial charge in [-0.25, -0.2) is 0 Å². The van der Waals surface area contributed by atoms with Crippen LogP contribution in [-0.2, 0) is 19.2 Å². The maximum Gasteiger partial charge on any atom is 0.248 e. The van der Waals surface area contributed by atoms with Crippen molar-refractivity contribution in [1.29, 1.82) is 0 Å². The fraction of sp³-hybridized carbons (Fsp3) is 0.613. The smallest absolute Gasteiger partial charge is 0.248 e. The van der Waals surface area contributed by atoms with E-state index < -0.39 is 12.1 Å². The second-order valence-corrected chi connectivity index (χ2v) is 11.3. The van der Waals surface area contributed by atoms with Gasteiger partial charge in [-0.3, -0.25) is 19.2 Å². The van der Waals surface area contributed by atoms with Crippen LogP contribution >= 0.6 is 0 Å². The highest BCUT2D eigenvalue weighted by Crippen LogP contribution is 2.14. The molecule has 0 saturated heterocycles. The van der Waals surface area contributed by atoms with Gasteiger partial charge in [0.2, 0.25) is 23.6 Å². The second-order valence-electron chi connectivity index (χ2n) is 11.3. The van der Waals surface area contributed by atoms with Gasteiger partial charge in [0.15, 0.2) is 0 Å². The first kappa shape index (κ1) is 32.1. The van der Waals surface area contributed by atoms with Crippen LogP contribution in [0.1, 0.15) is 85.5 Å². The van der Waals surface area contributed by atoms with Crippen molar-refractivity contribution in [2.24, 2.45) is 11.8 Å². The monoisotopic (exact) mass is 540 g/mol. The minimum atomic E-state index is -0.529. The molecule has 0 aromatic carbocycles. The van der Waals surface area contributed by atoms with E-state index in [1.165, 1.54) is 0 Å². The largest absolute Gasteiger partial charge is 0.354 e. The molecule has 0 bridgehead atoms. The lowest BCUT2D eigenvalue weighted by Crippen LogP contribution is -2.48. The molecule has 4 N–H and O–H groups in total. The van der Waals surface area contributed by atoms with Crippen molar-refractivity contribution in [2.45, 2.75) is 97.6 Å². The summed E-state index contributed by atoms with van der Waals surface area (Å²) in [5.41, 5.74) is 1.37. The van der Waals surface area contributed by atoms with Gasteiger partial charge in [-0.1, -0.05) is 83.4 Å². The summed E-state index contributed by atoms with van der Waals surface area (Å²) < 4.78 is 0. The topological polar surface area (TPSA) is 116 Å². The Morgan fingerprint density at radius 2 is 1.03 bits per heavy atom. The molecule has 2 aliphatic carbocycles. The first-order chi connectivity index (χ1) is 18.7. The van der Waals surface area contributed by atoms with Gasteiger partial charge in [-0.2, -0.15) is 0 Å². The Morgan fingerprint density at radius 3 is 1.36 bits per heavy atom. The third-order valence-electron chi connectivity index (χ3n) is 6.74. The highest BCUT2D eigenvalue weighted by Gasteiger charge is 2.24. The van der Waals surface area contributed by atoms with Crippen LogP contribution in [0.4, 0.5) is 0 Å². The Bertz CT molecular complexity index is 886. The van der Waals surface area contributed by atoms with Crippen LogP contribution < -0.4 is 21.3 Å². The Labute approximate surface area is 234 Å². The van der Waals surface area contributed by atoms with Gasteiger partial charge in [0.1, 0.15) is 12.1 Å². The maximum absolute atomic E-state index is 12.7. The lowest BCUT2D eigenvalue weighted by atomic mass is 10.0. The second kappa shape index (κ2) is 17.4. The fourth-order valence-electron chi connectivity index (χ4n) is 4.59. The summed E-state index contributed by atoms with van der Waals surface area (Å²) in [4.78, 5) is 50.2.